The second-order valence-electron chi connectivity index (χ2n) is 3.73. The first-order valence-electron chi connectivity index (χ1n) is 4.95. The Balaban J connectivity index is 2.43. The third-order valence-corrected chi connectivity index (χ3v) is 4.23. The van der Waals surface area contributed by atoms with Crippen LogP contribution in [0.25, 0.3) is 0 Å². The number of thiophene rings is 1. The van der Waals surface area contributed by atoms with E-state index in [9.17, 15) is 4.79 Å². The summed E-state index contributed by atoms with van der Waals surface area (Å²) < 4.78 is 0.890. The lowest BCUT2D eigenvalue weighted by Gasteiger charge is -2.00. The molecule has 1 nitrogen and oxygen atoms in total. The van der Waals surface area contributed by atoms with Crippen LogP contribution in [0.5, 0.6) is 0 Å². The van der Waals surface area contributed by atoms with E-state index in [1.807, 2.05) is 44.2 Å². The van der Waals surface area contributed by atoms with E-state index >= 15 is 0 Å². The van der Waals surface area contributed by atoms with Gasteiger partial charge in [0.2, 0.25) is 5.78 Å². The van der Waals surface area contributed by atoms with Gasteiger partial charge in [-0.1, -0.05) is 23.8 Å². The van der Waals surface area contributed by atoms with Crippen molar-refractivity contribution in [2.24, 2.45) is 0 Å². The van der Waals surface area contributed by atoms with Gasteiger partial charge in [0.05, 0.1) is 4.88 Å². The van der Waals surface area contributed by atoms with Crippen LogP contribution in [-0.4, -0.2) is 5.78 Å². The van der Waals surface area contributed by atoms with E-state index in [2.05, 4.69) is 15.9 Å². The minimum Gasteiger partial charge on any atom is -0.288 e. The van der Waals surface area contributed by atoms with Crippen molar-refractivity contribution in [3.8, 4) is 0 Å². The Hall–Kier alpha value is -0.930. The van der Waals surface area contributed by atoms with Crippen LogP contribution < -0.4 is 0 Å². The van der Waals surface area contributed by atoms with E-state index in [1.165, 1.54) is 11.3 Å². The topological polar surface area (TPSA) is 17.1 Å². The van der Waals surface area contributed by atoms with E-state index in [4.69, 9.17) is 0 Å². The molecule has 2 rings (SSSR count). The molecule has 0 amide bonds. The van der Waals surface area contributed by atoms with Crippen molar-refractivity contribution >= 4 is 33.0 Å². The Morgan fingerprint density at radius 2 is 2.00 bits per heavy atom. The first-order chi connectivity index (χ1) is 7.58. The van der Waals surface area contributed by atoms with Crippen LogP contribution in [0.2, 0.25) is 0 Å². The average molecular weight is 295 g/mol. The smallest absolute Gasteiger partial charge is 0.204 e. The third-order valence-electron chi connectivity index (χ3n) is 2.30. The lowest BCUT2D eigenvalue weighted by atomic mass is 10.1. The number of carbonyl (C=O) groups excluding carboxylic acids is 1. The van der Waals surface area contributed by atoms with Gasteiger partial charge in [-0.05, 0) is 41.9 Å². The molecule has 16 heavy (non-hydrogen) atoms. The minimum atomic E-state index is 0.0914. The number of halogens is 1. The van der Waals surface area contributed by atoms with E-state index < -0.39 is 0 Å². The van der Waals surface area contributed by atoms with Gasteiger partial charge in [0.25, 0.3) is 0 Å². The van der Waals surface area contributed by atoms with E-state index in [1.54, 1.807) is 0 Å². The summed E-state index contributed by atoms with van der Waals surface area (Å²) in [6.45, 7) is 3.99. The largest absolute Gasteiger partial charge is 0.288 e. The average Bonchev–Trinajstić information content (AvgIpc) is 2.57. The van der Waals surface area contributed by atoms with Crippen LogP contribution in [0.3, 0.4) is 0 Å². The molecule has 0 spiro atoms. The van der Waals surface area contributed by atoms with Crippen LogP contribution in [0.4, 0.5) is 0 Å². The van der Waals surface area contributed by atoms with Gasteiger partial charge in [-0.3, -0.25) is 4.79 Å². The first-order valence-corrected chi connectivity index (χ1v) is 6.56. The molecule has 0 N–H and O–H groups in total. The quantitative estimate of drug-likeness (QED) is 0.752. The predicted octanol–water partition coefficient (Wildman–Crippen LogP) is 4.36. The maximum absolute atomic E-state index is 12.2. The Labute approximate surface area is 107 Å². The van der Waals surface area contributed by atoms with Crippen molar-refractivity contribution in [2.75, 3.05) is 0 Å². The first kappa shape index (κ1) is 11.6. The molecule has 0 bridgehead atoms. The van der Waals surface area contributed by atoms with Crippen molar-refractivity contribution < 1.29 is 4.79 Å². The summed E-state index contributed by atoms with van der Waals surface area (Å²) in [5, 5.41) is 0. The normalized spacial score (nSPS) is 10.4. The zero-order valence-corrected chi connectivity index (χ0v) is 11.5. The summed E-state index contributed by atoms with van der Waals surface area (Å²) in [6.07, 6.45) is 0. The number of benzene rings is 1. The van der Waals surface area contributed by atoms with Gasteiger partial charge < -0.3 is 0 Å². The number of hydrogen-bond acceptors (Lipinski definition) is 2. The fourth-order valence-electron chi connectivity index (χ4n) is 1.56. The lowest BCUT2D eigenvalue weighted by molar-refractivity contribution is 0.104. The van der Waals surface area contributed by atoms with Crippen LogP contribution in [0.15, 0.2) is 34.8 Å². The number of rotatable bonds is 2. The van der Waals surface area contributed by atoms with Gasteiger partial charge in [0, 0.05) is 14.9 Å². The van der Waals surface area contributed by atoms with Gasteiger partial charge in [-0.15, -0.1) is 11.3 Å². The highest BCUT2D eigenvalue weighted by molar-refractivity contribution is 9.10. The maximum Gasteiger partial charge on any atom is 0.204 e. The summed E-state index contributed by atoms with van der Waals surface area (Å²) in [7, 11) is 0. The lowest BCUT2D eigenvalue weighted by Crippen LogP contribution is -1.99. The monoisotopic (exact) mass is 294 g/mol. The third kappa shape index (κ3) is 2.25. The molecule has 0 aliphatic heterocycles. The Kier molecular flexibility index (Phi) is 3.26. The highest BCUT2D eigenvalue weighted by atomic mass is 79.9. The second kappa shape index (κ2) is 4.52. The van der Waals surface area contributed by atoms with Crippen molar-refractivity contribution in [1.82, 2.24) is 0 Å². The van der Waals surface area contributed by atoms with Gasteiger partial charge in [-0.2, -0.15) is 0 Å². The van der Waals surface area contributed by atoms with Crippen molar-refractivity contribution in [3.63, 3.8) is 0 Å². The van der Waals surface area contributed by atoms with E-state index in [-0.39, 0.29) is 5.78 Å². The van der Waals surface area contributed by atoms with Gasteiger partial charge in [0.1, 0.15) is 0 Å². The van der Waals surface area contributed by atoms with Crippen LogP contribution >= 0.6 is 27.3 Å². The predicted molar refractivity (Wildman–Crippen MR) is 71.4 cm³/mol. The highest BCUT2D eigenvalue weighted by Gasteiger charge is 2.15. The molecular weight excluding hydrogens is 284 g/mol. The van der Waals surface area contributed by atoms with Crippen molar-refractivity contribution in [3.05, 3.63) is 55.7 Å². The molecule has 0 fully saturated rings. The SMILES string of the molecule is Cc1cccc(C(=O)c2sc(C)cc2Br)c1. The number of aryl methyl sites for hydroxylation is 2. The second-order valence-corrected chi connectivity index (χ2v) is 5.84. The molecule has 2 aromatic rings. The summed E-state index contributed by atoms with van der Waals surface area (Å²) in [4.78, 5) is 14.1. The fraction of sp³-hybridized carbons (Fsp3) is 0.154. The summed E-state index contributed by atoms with van der Waals surface area (Å²) >= 11 is 4.95. The summed E-state index contributed by atoms with van der Waals surface area (Å²) in [5.41, 5.74) is 1.86. The molecule has 0 aliphatic rings. The molecule has 0 atom stereocenters. The Bertz CT molecular complexity index is 543. The minimum absolute atomic E-state index is 0.0914. The molecular formula is C13H11BrOS. The standard InChI is InChI=1S/C13H11BrOS/c1-8-4-3-5-10(6-8)12(15)13-11(14)7-9(2)16-13/h3-7H,1-2H3. The molecule has 0 saturated heterocycles. The molecule has 3 heteroatoms. The van der Waals surface area contributed by atoms with E-state index in [0.29, 0.717) is 0 Å². The molecule has 0 radical (unpaired) electrons. The Morgan fingerprint density at radius 1 is 1.25 bits per heavy atom. The Morgan fingerprint density at radius 3 is 2.56 bits per heavy atom. The maximum atomic E-state index is 12.2. The summed E-state index contributed by atoms with van der Waals surface area (Å²) in [6, 6.07) is 9.66. The van der Waals surface area contributed by atoms with Crippen LogP contribution in [-0.2, 0) is 0 Å². The molecule has 1 aromatic carbocycles. The van der Waals surface area contributed by atoms with Crippen LogP contribution in [0.1, 0.15) is 25.7 Å². The number of ketones is 1. The van der Waals surface area contributed by atoms with Crippen LogP contribution in [0, 0.1) is 13.8 Å². The molecule has 1 aromatic heterocycles. The molecule has 0 unspecified atom stereocenters. The molecule has 0 saturated carbocycles. The van der Waals surface area contributed by atoms with Gasteiger partial charge >= 0.3 is 0 Å². The van der Waals surface area contributed by atoms with Crippen molar-refractivity contribution in [2.45, 2.75) is 13.8 Å². The van der Waals surface area contributed by atoms with Crippen molar-refractivity contribution in [1.29, 1.82) is 0 Å². The van der Waals surface area contributed by atoms with Gasteiger partial charge in [0.15, 0.2) is 0 Å². The van der Waals surface area contributed by atoms with Gasteiger partial charge in [-0.25, -0.2) is 0 Å². The molecule has 1 heterocycles. The summed E-state index contributed by atoms with van der Waals surface area (Å²) in [5.74, 6) is 0.0914. The zero-order chi connectivity index (χ0) is 11.7. The highest BCUT2D eigenvalue weighted by Crippen LogP contribution is 2.29. The number of carbonyl (C=O) groups is 1. The zero-order valence-electron chi connectivity index (χ0n) is 9.08. The molecule has 0 aliphatic carbocycles. The fourth-order valence-corrected chi connectivity index (χ4v) is 3.34. The van der Waals surface area contributed by atoms with E-state index in [0.717, 1.165) is 25.4 Å². The molecule has 82 valence electrons. The number of hydrogen-bond donors (Lipinski definition) is 0.